The van der Waals surface area contributed by atoms with Gasteiger partial charge in [-0.25, -0.2) is 0 Å². The number of benzene rings is 1. The highest BCUT2D eigenvalue weighted by atomic mass is 127. The maximum atomic E-state index is 4.37. The molecule has 0 saturated carbocycles. The molecule has 6 nitrogen and oxygen atoms in total. The van der Waals surface area contributed by atoms with Gasteiger partial charge in [-0.15, -0.1) is 34.2 Å². The zero-order valence-electron chi connectivity index (χ0n) is 18.2. The van der Waals surface area contributed by atoms with Gasteiger partial charge in [0.25, 0.3) is 0 Å². The summed E-state index contributed by atoms with van der Waals surface area (Å²) < 4.78 is 2.27. The van der Waals surface area contributed by atoms with Gasteiger partial charge in [-0.3, -0.25) is 4.99 Å². The minimum Gasteiger partial charge on any atom is -0.356 e. The van der Waals surface area contributed by atoms with Crippen LogP contribution in [0, 0.1) is 0 Å². The number of halogens is 1. The molecular formula is C22H35IN6. The number of aromatic nitrogens is 3. The number of nitrogens with one attached hydrogen (secondary N) is 2. The fourth-order valence-corrected chi connectivity index (χ4v) is 3.56. The summed E-state index contributed by atoms with van der Waals surface area (Å²) >= 11 is 0. The van der Waals surface area contributed by atoms with Crippen LogP contribution in [0.25, 0.3) is 0 Å². The topological polar surface area (TPSA) is 67.1 Å². The normalized spacial score (nSPS) is 14.6. The van der Waals surface area contributed by atoms with Crippen LogP contribution in [-0.4, -0.2) is 34.3 Å². The first-order valence-electron chi connectivity index (χ1n) is 10.4. The van der Waals surface area contributed by atoms with Gasteiger partial charge in [-0.05, 0) is 35.8 Å². The molecule has 2 aromatic rings. The third-order valence-corrected chi connectivity index (χ3v) is 5.35. The molecule has 1 aromatic carbocycles. The summed E-state index contributed by atoms with van der Waals surface area (Å²) in [5, 5.41) is 15.5. The van der Waals surface area contributed by atoms with Crippen molar-refractivity contribution in [1.29, 1.82) is 0 Å². The minimum absolute atomic E-state index is 0. The van der Waals surface area contributed by atoms with E-state index in [2.05, 4.69) is 75.4 Å². The van der Waals surface area contributed by atoms with E-state index in [0.717, 1.165) is 43.5 Å². The highest BCUT2D eigenvalue weighted by Gasteiger charge is 2.15. The molecule has 7 heteroatoms. The molecule has 29 heavy (non-hydrogen) atoms. The number of aliphatic imine (C=N–C) groups is 1. The Bertz CT molecular complexity index is 789. The highest BCUT2D eigenvalue weighted by Crippen LogP contribution is 2.22. The monoisotopic (exact) mass is 510 g/mol. The van der Waals surface area contributed by atoms with Crippen molar-refractivity contribution in [2.75, 3.05) is 13.6 Å². The Morgan fingerprint density at radius 2 is 1.83 bits per heavy atom. The van der Waals surface area contributed by atoms with E-state index in [1.165, 1.54) is 30.4 Å². The SMILES string of the molecule is CN=C(NCCc1ccc(C(C)(C)C)cc1)NCc1nnc2n1CCCCC2.I. The first-order chi connectivity index (χ1) is 13.5. The van der Waals surface area contributed by atoms with Crippen molar-refractivity contribution >= 4 is 29.9 Å². The van der Waals surface area contributed by atoms with E-state index >= 15 is 0 Å². The van der Waals surface area contributed by atoms with Crippen LogP contribution >= 0.6 is 24.0 Å². The average molecular weight is 510 g/mol. The quantitative estimate of drug-likeness (QED) is 0.365. The summed E-state index contributed by atoms with van der Waals surface area (Å²) in [5.74, 6) is 2.92. The van der Waals surface area contributed by atoms with Crippen LogP contribution < -0.4 is 10.6 Å². The van der Waals surface area contributed by atoms with Crippen LogP contribution in [0.5, 0.6) is 0 Å². The summed E-state index contributed by atoms with van der Waals surface area (Å²) in [6.45, 7) is 9.24. The Balaban J connectivity index is 0.00000300. The van der Waals surface area contributed by atoms with E-state index in [9.17, 15) is 0 Å². The first-order valence-corrected chi connectivity index (χ1v) is 10.4. The van der Waals surface area contributed by atoms with Gasteiger partial charge in [0, 0.05) is 26.6 Å². The molecule has 160 valence electrons. The number of hydrogen-bond acceptors (Lipinski definition) is 3. The van der Waals surface area contributed by atoms with Crippen molar-refractivity contribution in [3.8, 4) is 0 Å². The Morgan fingerprint density at radius 3 is 2.52 bits per heavy atom. The predicted octanol–water partition coefficient (Wildman–Crippen LogP) is 3.83. The second-order valence-corrected chi connectivity index (χ2v) is 8.54. The molecule has 0 saturated heterocycles. The minimum atomic E-state index is 0. The molecule has 0 aliphatic carbocycles. The smallest absolute Gasteiger partial charge is 0.191 e. The van der Waals surface area contributed by atoms with Crippen LogP contribution in [-0.2, 0) is 31.3 Å². The molecule has 2 N–H and O–H groups in total. The van der Waals surface area contributed by atoms with Crippen LogP contribution in [0.3, 0.4) is 0 Å². The van der Waals surface area contributed by atoms with Gasteiger partial charge in [-0.1, -0.05) is 51.5 Å². The fraction of sp³-hybridized carbons (Fsp3) is 0.591. The maximum absolute atomic E-state index is 4.37. The number of rotatable bonds is 5. The van der Waals surface area contributed by atoms with Crippen LogP contribution in [0.2, 0.25) is 0 Å². The van der Waals surface area contributed by atoms with Gasteiger partial charge in [0.15, 0.2) is 11.8 Å². The Hall–Kier alpha value is -1.64. The van der Waals surface area contributed by atoms with Gasteiger partial charge in [0.05, 0.1) is 6.54 Å². The molecule has 2 heterocycles. The molecule has 0 amide bonds. The van der Waals surface area contributed by atoms with Gasteiger partial charge < -0.3 is 15.2 Å². The van der Waals surface area contributed by atoms with Gasteiger partial charge in [0.1, 0.15) is 5.82 Å². The Labute approximate surface area is 192 Å². The number of hydrogen-bond donors (Lipinski definition) is 2. The van der Waals surface area contributed by atoms with E-state index in [4.69, 9.17) is 0 Å². The van der Waals surface area contributed by atoms with Crippen molar-refractivity contribution in [2.24, 2.45) is 4.99 Å². The van der Waals surface area contributed by atoms with Crippen LogP contribution in [0.15, 0.2) is 29.3 Å². The van der Waals surface area contributed by atoms with Crippen LogP contribution in [0.4, 0.5) is 0 Å². The van der Waals surface area contributed by atoms with E-state index in [1.807, 2.05) is 0 Å². The van der Waals surface area contributed by atoms with Gasteiger partial charge in [0.2, 0.25) is 0 Å². The summed E-state index contributed by atoms with van der Waals surface area (Å²) in [4.78, 5) is 4.33. The number of fused-ring (bicyclic) bond motifs is 1. The molecule has 1 aliphatic rings. The van der Waals surface area contributed by atoms with E-state index in [1.54, 1.807) is 7.05 Å². The Kier molecular flexibility index (Phi) is 8.92. The zero-order chi connectivity index (χ0) is 20.0. The summed E-state index contributed by atoms with van der Waals surface area (Å²) in [6.07, 6.45) is 5.69. The molecule has 1 aliphatic heterocycles. The number of aryl methyl sites for hydroxylation is 1. The molecule has 3 rings (SSSR count). The van der Waals surface area contributed by atoms with Crippen molar-refractivity contribution in [3.63, 3.8) is 0 Å². The first kappa shape index (κ1) is 23.6. The molecular weight excluding hydrogens is 475 g/mol. The maximum Gasteiger partial charge on any atom is 0.191 e. The molecule has 1 aromatic heterocycles. The number of guanidine groups is 1. The lowest BCUT2D eigenvalue weighted by Crippen LogP contribution is -2.38. The number of nitrogens with zero attached hydrogens (tertiary/aromatic N) is 4. The standard InChI is InChI=1S/C22H34N6.HI/c1-22(2,3)18-11-9-17(10-12-18)13-14-24-21(23-4)25-16-20-27-26-19-8-6-5-7-15-28(19)20;/h9-12H,5-8,13-16H2,1-4H3,(H2,23,24,25);1H. The van der Waals surface area contributed by atoms with Gasteiger partial charge in [-0.2, -0.15) is 0 Å². The molecule has 0 unspecified atom stereocenters. The second kappa shape index (κ2) is 10.9. The lowest BCUT2D eigenvalue weighted by atomic mass is 9.86. The molecule has 0 atom stereocenters. The molecule has 0 fully saturated rings. The lowest BCUT2D eigenvalue weighted by molar-refractivity contribution is 0.590. The largest absolute Gasteiger partial charge is 0.356 e. The average Bonchev–Trinajstić information content (AvgIpc) is 2.90. The van der Waals surface area contributed by atoms with Crippen molar-refractivity contribution in [1.82, 2.24) is 25.4 Å². The summed E-state index contributed by atoms with van der Waals surface area (Å²) in [5.41, 5.74) is 2.90. The molecule has 0 bridgehead atoms. The summed E-state index contributed by atoms with van der Waals surface area (Å²) in [6, 6.07) is 8.92. The third kappa shape index (κ3) is 6.69. The van der Waals surface area contributed by atoms with E-state index < -0.39 is 0 Å². The van der Waals surface area contributed by atoms with Crippen molar-refractivity contribution < 1.29 is 0 Å². The summed E-state index contributed by atoms with van der Waals surface area (Å²) in [7, 11) is 1.80. The third-order valence-electron chi connectivity index (χ3n) is 5.35. The van der Waals surface area contributed by atoms with Crippen molar-refractivity contribution in [2.45, 2.75) is 71.4 Å². The second-order valence-electron chi connectivity index (χ2n) is 8.54. The predicted molar refractivity (Wildman–Crippen MR) is 130 cm³/mol. The van der Waals surface area contributed by atoms with E-state index in [0.29, 0.717) is 6.54 Å². The van der Waals surface area contributed by atoms with E-state index in [-0.39, 0.29) is 29.4 Å². The van der Waals surface area contributed by atoms with Crippen LogP contribution in [0.1, 0.15) is 62.8 Å². The van der Waals surface area contributed by atoms with Crippen molar-refractivity contribution in [3.05, 3.63) is 47.0 Å². The Morgan fingerprint density at radius 1 is 1.07 bits per heavy atom. The fourth-order valence-electron chi connectivity index (χ4n) is 3.56. The highest BCUT2D eigenvalue weighted by molar-refractivity contribution is 14.0. The van der Waals surface area contributed by atoms with Gasteiger partial charge >= 0.3 is 0 Å². The molecule has 0 spiro atoms. The molecule has 0 radical (unpaired) electrons. The zero-order valence-corrected chi connectivity index (χ0v) is 20.5. The lowest BCUT2D eigenvalue weighted by Gasteiger charge is -2.19.